The van der Waals surface area contributed by atoms with Gasteiger partial charge in [0, 0.05) is 12.2 Å². The van der Waals surface area contributed by atoms with Crippen molar-refractivity contribution in [2.24, 2.45) is 0 Å². The Morgan fingerprint density at radius 3 is 2.00 bits per heavy atom. The van der Waals surface area contributed by atoms with Crippen molar-refractivity contribution in [3.8, 4) is 0 Å². The molecule has 9 heteroatoms. The summed E-state index contributed by atoms with van der Waals surface area (Å²) in [6.45, 7) is -0.0531. The highest BCUT2D eigenvalue weighted by Gasteiger charge is 2.26. The summed E-state index contributed by atoms with van der Waals surface area (Å²) in [6.07, 6.45) is 0. The van der Waals surface area contributed by atoms with E-state index in [1.807, 2.05) is 0 Å². The van der Waals surface area contributed by atoms with E-state index in [0.717, 1.165) is 6.07 Å². The third-order valence-electron chi connectivity index (χ3n) is 2.85. The molecule has 0 unspecified atom stereocenters. The van der Waals surface area contributed by atoms with E-state index in [2.05, 4.69) is 5.32 Å². The van der Waals surface area contributed by atoms with Crippen LogP contribution in [0.15, 0.2) is 58.3 Å². The van der Waals surface area contributed by atoms with Crippen LogP contribution in [0.2, 0.25) is 0 Å². The Morgan fingerprint density at radius 2 is 1.45 bits per heavy atom. The van der Waals surface area contributed by atoms with Crippen LogP contribution in [-0.4, -0.2) is 25.9 Å². The van der Waals surface area contributed by atoms with Crippen LogP contribution in [0.5, 0.6) is 0 Å². The lowest BCUT2D eigenvalue weighted by atomic mass is 10.2. The molecular formula is C13H13NO6S2. The summed E-state index contributed by atoms with van der Waals surface area (Å²) >= 11 is 0. The van der Waals surface area contributed by atoms with Crippen LogP contribution in [-0.2, 0) is 26.8 Å². The summed E-state index contributed by atoms with van der Waals surface area (Å²) in [5.41, 5.74) is 0.697. The molecule has 0 heterocycles. The Morgan fingerprint density at radius 1 is 0.818 bits per heavy atom. The average Bonchev–Trinajstić information content (AvgIpc) is 2.44. The van der Waals surface area contributed by atoms with Crippen LogP contribution in [0.3, 0.4) is 0 Å². The molecule has 0 spiro atoms. The first-order valence-electron chi connectivity index (χ1n) is 6.05. The third-order valence-corrected chi connectivity index (χ3v) is 4.88. The van der Waals surface area contributed by atoms with E-state index in [4.69, 9.17) is 4.55 Å². The quantitative estimate of drug-likeness (QED) is 0.708. The maximum atomic E-state index is 11.5. The molecular weight excluding hydrogens is 330 g/mol. The minimum Gasteiger partial charge on any atom is -0.381 e. The summed E-state index contributed by atoms with van der Waals surface area (Å²) in [5.74, 6) is 0. The van der Waals surface area contributed by atoms with Gasteiger partial charge in [0.15, 0.2) is 0 Å². The van der Waals surface area contributed by atoms with Crippen molar-refractivity contribution in [2.75, 3.05) is 5.32 Å². The van der Waals surface area contributed by atoms with Gasteiger partial charge in [-0.15, -0.1) is 0 Å². The fourth-order valence-corrected chi connectivity index (χ4v) is 3.99. The van der Waals surface area contributed by atoms with Crippen LogP contribution in [0, 0.1) is 0 Å². The van der Waals surface area contributed by atoms with Gasteiger partial charge in [-0.1, -0.05) is 30.3 Å². The molecule has 22 heavy (non-hydrogen) atoms. The van der Waals surface area contributed by atoms with Gasteiger partial charge in [-0.2, -0.15) is 16.8 Å². The maximum absolute atomic E-state index is 11.5. The van der Waals surface area contributed by atoms with Gasteiger partial charge in [0.1, 0.15) is 9.79 Å². The molecule has 3 N–H and O–H groups in total. The molecule has 0 aliphatic carbocycles. The summed E-state index contributed by atoms with van der Waals surface area (Å²) in [4.78, 5) is -1.69. The van der Waals surface area contributed by atoms with Crippen molar-refractivity contribution >= 4 is 25.9 Å². The summed E-state index contributed by atoms with van der Waals surface area (Å²) < 4.78 is 63.9. The zero-order valence-electron chi connectivity index (χ0n) is 11.2. The van der Waals surface area contributed by atoms with Gasteiger partial charge < -0.3 is 5.32 Å². The molecule has 0 amide bonds. The lowest BCUT2D eigenvalue weighted by Gasteiger charge is -2.12. The molecule has 118 valence electrons. The van der Waals surface area contributed by atoms with Gasteiger partial charge in [0.05, 0.1) is 0 Å². The first kappa shape index (κ1) is 16.4. The van der Waals surface area contributed by atoms with Crippen molar-refractivity contribution in [3.05, 3.63) is 54.1 Å². The zero-order valence-corrected chi connectivity index (χ0v) is 12.8. The van der Waals surface area contributed by atoms with E-state index >= 15 is 0 Å². The number of anilines is 1. The number of benzene rings is 2. The van der Waals surface area contributed by atoms with E-state index < -0.39 is 30.0 Å². The SMILES string of the molecule is O=S(=O)(O)c1cccc(CNc2ccccc2)c1S(=O)(=O)O. The summed E-state index contributed by atoms with van der Waals surface area (Å²) in [7, 11) is -9.62. The predicted octanol–water partition coefficient (Wildman–Crippen LogP) is 1.79. The molecule has 2 aromatic carbocycles. The molecule has 7 nitrogen and oxygen atoms in total. The van der Waals surface area contributed by atoms with Crippen LogP contribution in [0.4, 0.5) is 5.69 Å². The molecule has 0 bridgehead atoms. The van der Waals surface area contributed by atoms with Crippen molar-refractivity contribution in [1.29, 1.82) is 0 Å². The minimum atomic E-state index is -4.83. The van der Waals surface area contributed by atoms with Crippen LogP contribution in [0.1, 0.15) is 5.56 Å². The van der Waals surface area contributed by atoms with Gasteiger partial charge in [-0.25, -0.2) is 0 Å². The highest BCUT2D eigenvalue weighted by Crippen LogP contribution is 2.25. The van der Waals surface area contributed by atoms with E-state index in [-0.39, 0.29) is 12.1 Å². The monoisotopic (exact) mass is 343 g/mol. The van der Waals surface area contributed by atoms with E-state index in [9.17, 15) is 21.4 Å². The average molecular weight is 343 g/mol. The maximum Gasteiger partial charge on any atom is 0.296 e. The van der Waals surface area contributed by atoms with Crippen molar-refractivity contribution in [2.45, 2.75) is 16.3 Å². The Hall–Kier alpha value is -1.94. The second kappa shape index (κ2) is 6.05. The highest BCUT2D eigenvalue weighted by molar-refractivity contribution is 7.89. The second-order valence-electron chi connectivity index (χ2n) is 4.41. The second-order valence-corrected chi connectivity index (χ2v) is 7.16. The highest BCUT2D eigenvalue weighted by atomic mass is 32.2. The fourth-order valence-electron chi connectivity index (χ4n) is 1.95. The minimum absolute atomic E-state index is 0.0153. The number of para-hydroxylation sites is 1. The van der Waals surface area contributed by atoms with Gasteiger partial charge in [-0.05, 0) is 23.8 Å². The Balaban J connectivity index is 2.48. The van der Waals surface area contributed by atoms with E-state index in [1.54, 1.807) is 30.3 Å². The molecule has 0 fully saturated rings. The van der Waals surface area contributed by atoms with Gasteiger partial charge >= 0.3 is 0 Å². The molecule has 0 aromatic heterocycles. The first-order chi connectivity index (χ1) is 10.2. The molecule has 2 aromatic rings. The fraction of sp³-hybridized carbons (Fsp3) is 0.0769. The van der Waals surface area contributed by atoms with Crippen molar-refractivity contribution < 1.29 is 25.9 Å². The summed E-state index contributed by atoms with van der Waals surface area (Å²) in [5, 5.41) is 2.90. The molecule has 0 aliphatic heterocycles. The first-order valence-corrected chi connectivity index (χ1v) is 8.93. The van der Waals surface area contributed by atoms with E-state index in [0.29, 0.717) is 5.69 Å². The number of hydrogen-bond acceptors (Lipinski definition) is 5. The van der Waals surface area contributed by atoms with Crippen molar-refractivity contribution in [3.63, 3.8) is 0 Å². The van der Waals surface area contributed by atoms with Crippen LogP contribution >= 0.6 is 0 Å². The van der Waals surface area contributed by atoms with Gasteiger partial charge in [-0.3, -0.25) is 9.11 Å². The van der Waals surface area contributed by atoms with Gasteiger partial charge in [0.25, 0.3) is 20.2 Å². The predicted molar refractivity (Wildman–Crippen MR) is 79.8 cm³/mol. The Labute approximate surface area is 128 Å². The standard InChI is InChI=1S/C13H13NO6S2/c15-21(16,17)12-8-4-5-10(13(12)22(18,19)20)9-14-11-6-2-1-3-7-11/h1-8,14H,9H2,(H,15,16,17)(H,18,19,20). The zero-order chi connectivity index (χ0) is 16.4. The molecule has 0 radical (unpaired) electrons. The van der Waals surface area contributed by atoms with Gasteiger partial charge in [0.2, 0.25) is 0 Å². The van der Waals surface area contributed by atoms with Crippen LogP contribution < -0.4 is 5.32 Å². The summed E-state index contributed by atoms with van der Waals surface area (Å²) in [6, 6.07) is 12.3. The number of rotatable bonds is 5. The molecule has 0 saturated heterocycles. The number of nitrogens with one attached hydrogen (secondary N) is 1. The molecule has 0 aliphatic rings. The van der Waals surface area contributed by atoms with E-state index in [1.165, 1.54) is 12.1 Å². The lowest BCUT2D eigenvalue weighted by Crippen LogP contribution is -2.13. The van der Waals surface area contributed by atoms with Crippen molar-refractivity contribution in [1.82, 2.24) is 0 Å². The Kier molecular flexibility index (Phi) is 4.52. The topological polar surface area (TPSA) is 121 Å². The Bertz CT molecular complexity index is 876. The lowest BCUT2D eigenvalue weighted by molar-refractivity contribution is 0.465. The van der Waals surface area contributed by atoms with Crippen LogP contribution in [0.25, 0.3) is 0 Å². The molecule has 0 atom stereocenters. The smallest absolute Gasteiger partial charge is 0.296 e. The normalized spacial score (nSPS) is 12.1. The third kappa shape index (κ3) is 3.83. The largest absolute Gasteiger partial charge is 0.381 e. The molecule has 0 saturated carbocycles. The number of hydrogen-bond donors (Lipinski definition) is 3. The molecule has 2 rings (SSSR count).